The Kier molecular flexibility index (Phi) is 4.88. The fraction of sp³-hybridized carbons (Fsp3) is 0.316. The van der Waals surface area contributed by atoms with Crippen molar-refractivity contribution in [1.29, 1.82) is 0 Å². The van der Waals surface area contributed by atoms with Crippen LogP contribution in [0.1, 0.15) is 40.8 Å². The summed E-state index contributed by atoms with van der Waals surface area (Å²) in [6, 6.07) is 7.83. The average Bonchev–Trinajstić information content (AvgIpc) is 3.32. The van der Waals surface area contributed by atoms with Crippen molar-refractivity contribution < 1.29 is 4.79 Å². The van der Waals surface area contributed by atoms with E-state index in [0.717, 1.165) is 31.6 Å². The number of nitrogens with zero attached hydrogens (tertiary/aromatic N) is 6. The first kappa shape index (κ1) is 17.3. The molecule has 8 heteroatoms. The minimum absolute atomic E-state index is 0.198. The zero-order valence-electron chi connectivity index (χ0n) is 15.1. The summed E-state index contributed by atoms with van der Waals surface area (Å²) in [6.07, 6.45) is 8.56. The summed E-state index contributed by atoms with van der Waals surface area (Å²) in [4.78, 5) is 27.5. The molecule has 1 unspecified atom stereocenters. The van der Waals surface area contributed by atoms with Crippen molar-refractivity contribution in [3.8, 4) is 0 Å². The molecule has 1 fully saturated rings. The van der Waals surface area contributed by atoms with Crippen molar-refractivity contribution in [1.82, 2.24) is 29.6 Å². The van der Waals surface area contributed by atoms with Crippen LogP contribution in [0.2, 0.25) is 0 Å². The van der Waals surface area contributed by atoms with E-state index < -0.39 is 0 Å². The van der Waals surface area contributed by atoms with Crippen LogP contribution in [0.25, 0.3) is 0 Å². The van der Waals surface area contributed by atoms with Gasteiger partial charge in [0.25, 0.3) is 5.91 Å². The second-order valence-electron chi connectivity index (χ2n) is 6.57. The molecule has 8 nitrogen and oxygen atoms in total. The predicted molar refractivity (Wildman–Crippen MR) is 99.8 cm³/mol. The molecule has 1 saturated heterocycles. The Balaban J connectivity index is 1.51. The SMILES string of the molecule is Cn1nccc1CN1CCCC1c1cccc(C(=O)Nc2cnccn2)n1. The normalized spacial score (nSPS) is 17.1. The number of pyridine rings is 1. The molecule has 1 atom stereocenters. The highest BCUT2D eigenvalue weighted by atomic mass is 16.1. The number of aromatic nitrogens is 5. The minimum Gasteiger partial charge on any atom is -0.304 e. The van der Waals surface area contributed by atoms with Crippen LogP contribution < -0.4 is 5.32 Å². The maximum atomic E-state index is 12.5. The average molecular weight is 363 g/mol. The molecular formula is C19H21N7O. The van der Waals surface area contributed by atoms with Gasteiger partial charge in [-0.2, -0.15) is 5.10 Å². The van der Waals surface area contributed by atoms with Crippen molar-refractivity contribution in [2.75, 3.05) is 11.9 Å². The van der Waals surface area contributed by atoms with Gasteiger partial charge in [0.2, 0.25) is 0 Å². The lowest BCUT2D eigenvalue weighted by Gasteiger charge is -2.24. The molecule has 4 rings (SSSR count). The van der Waals surface area contributed by atoms with Gasteiger partial charge in [0.05, 0.1) is 23.6 Å². The Bertz CT molecular complexity index is 925. The molecule has 138 valence electrons. The predicted octanol–water partition coefficient (Wildman–Crippen LogP) is 2.19. The number of amides is 1. The number of rotatable bonds is 5. The largest absolute Gasteiger partial charge is 0.304 e. The lowest BCUT2D eigenvalue weighted by Crippen LogP contribution is -2.25. The fourth-order valence-corrected chi connectivity index (χ4v) is 3.42. The van der Waals surface area contributed by atoms with Gasteiger partial charge in [-0.25, -0.2) is 9.97 Å². The molecule has 0 aromatic carbocycles. The summed E-state index contributed by atoms with van der Waals surface area (Å²) < 4.78 is 1.90. The topological polar surface area (TPSA) is 88.8 Å². The Morgan fingerprint density at radius 1 is 1.26 bits per heavy atom. The molecule has 1 N–H and O–H groups in total. The van der Waals surface area contributed by atoms with Crippen LogP contribution in [0, 0.1) is 0 Å². The minimum atomic E-state index is -0.284. The maximum Gasteiger partial charge on any atom is 0.275 e. The van der Waals surface area contributed by atoms with E-state index in [1.807, 2.05) is 36.1 Å². The highest BCUT2D eigenvalue weighted by molar-refractivity contribution is 6.02. The Morgan fingerprint density at radius 3 is 2.96 bits per heavy atom. The van der Waals surface area contributed by atoms with Gasteiger partial charge in [-0.1, -0.05) is 6.07 Å². The summed E-state index contributed by atoms with van der Waals surface area (Å²) in [7, 11) is 1.95. The smallest absolute Gasteiger partial charge is 0.275 e. The van der Waals surface area contributed by atoms with Crippen LogP contribution in [0.5, 0.6) is 0 Å². The van der Waals surface area contributed by atoms with Crippen molar-refractivity contribution in [3.63, 3.8) is 0 Å². The molecule has 4 heterocycles. The quantitative estimate of drug-likeness (QED) is 0.747. The summed E-state index contributed by atoms with van der Waals surface area (Å²) in [5.41, 5.74) is 2.46. The molecule has 3 aromatic rings. The van der Waals surface area contributed by atoms with E-state index in [-0.39, 0.29) is 11.9 Å². The number of anilines is 1. The van der Waals surface area contributed by atoms with E-state index in [2.05, 4.69) is 30.3 Å². The van der Waals surface area contributed by atoms with Crippen LogP contribution in [-0.2, 0) is 13.6 Å². The summed E-state index contributed by atoms with van der Waals surface area (Å²) in [5.74, 6) is 0.127. The van der Waals surface area contributed by atoms with Gasteiger partial charge in [0, 0.05) is 32.2 Å². The van der Waals surface area contributed by atoms with E-state index in [9.17, 15) is 4.79 Å². The highest BCUT2D eigenvalue weighted by Crippen LogP contribution is 2.32. The molecule has 1 aliphatic rings. The van der Waals surface area contributed by atoms with Crippen LogP contribution in [0.4, 0.5) is 5.82 Å². The van der Waals surface area contributed by atoms with Crippen LogP contribution in [0.3, 0.4) is 0 Å². The number of carbonyl (C=O) groups is 1. The molecule has 0 saturated carbocycles. The number of hydrogen-bond acceptors (Lipinski definition) is 6. The third-order valence-corrected chi connectivity index (χ3v) is 4.80. The molecule has 1 amide bonds. The van der Waals surface area contributed by atoms with Gasteiger partial charge in [0.1, 0.15) is 5.69 Å². The molecule has 0 radical (unpaired) electrons. The molecule has 3 aromatic heterocycles. The van der Waals surface area contributed by atoms with Gasteiger partial charge in [-0.05, 0) is 37.6 Å². The molecule has 0 spiro atoms. The number of aryl methyl sites for hydroxylation is 1. The first-order chi connectivity index (χ1) is 13.2. The summed E-state index contributed by atoms with van der Waals surface area (Å²) in [6.45, 7) is 1.83. The van der Waals surface area contributed by atoms with Crippen molar-refractivity contribution in [2.45, 2.75) is 25.4 Å². The second kappa shape index (κ2) is 7.63. The summed E-state index contributed by atoms with van der Waals surface area (Å²) >= 11 is 0. The van der Waals surface area contributed by atoms with Gasteiger partial charge < -0.3 is 5.32 Å². The monoisotopic (exact) mass is 363 g/mol. The lowest BCUT2D eigenvalue weighted by atomic mass is 10.1. The van der Waals surface area contributed by atoms with E-state index in [4.69, 9.17) is 0 Å². The Morgan fingerprint density at radius 2 is 2.19 bits per heavy atom. The molecule has 0 aliphatic carbocycles. The highest BCUT2D eigenvalue weighted by Gasteiger charge is 2.28. The van der Waals surface area contributed by atoms with Crippen LogP contribution in [-0.4, -0.2) is 42.1 Å². The zero-order valence-corrected chi connectivity index (χ0v) is 15.1. The van der Waals surface area contributed by atoms with Crippen molar-refractivity contribution in [2.24, 2.45) is 7.05 Å². The number of hydrogen-bond donors (Lipinski definition) is 1. The van der Waals surface area contributed by atoms with E-state index in [1.54, 1.807) is 12.3 Å². The third-order valence-electron chi connectivity index (χ3n) is 4.80. The van der Waals surface area contributed by atoms with E-state index in [1.165, 1.54) is 18.1 Å². The van der Waals surface area contributed by atoms with Crippen LogP contribution >= 0.6 is 0 Å². The summed E-state index contributed by atoms with van der Waals surface area (Å²) in [5, 5.41) is 6.97. The number of carbonyl (C=O) groups excluding carboxylic acids is 1. The molecule has 27 heavy (non-hydrogen) atoms. The Hall–Kier alpha value is -3.13. The molecule has 0 bridgehead atoms. The van der Waals surface area contributed by atoms with Gasteiger partial charge in [0.15, 0.2) is 5.82 Å². The van der Waals surface area contributed by atoms with Crippen molar-refractivity contribution >= 4 is 11.7 Å². The van der Waals surface area contributed by atoms with Crippen molar-refractivity contribution in [3.05, 3.63) is 66.1 Å². The van der Waals surface area contributed by atoms with Gasteiger partial charge >= 0.3 is 0 Å². The first-order valence-corrected chi connectivity index (χ1v) is 8.96. The van der Waals surface area contributed by atoms with E-state index >= 15 is 0 Å². The first-order valence-electron chi connectivity index (χ1n) is 8.96. The van der Waals surface area contributed by atoms with Gasteiger partial charge in [-0.3, -0.25) is 19.4 Å². The third kappa shape index (κ3) is 3.85. The fourth-order valence-electron chi connectivity index (χ4n) is 3.42. The zero-order chi connectivity index (χ0) is 18.6. The molecular weight excluding hydrogens is 342 g/mol. The maximum absolute atomic E-state index is 12.5. The van der Waals surface area contributed by atoms with Gasteiger partial charge in [-0.15, -0.1) is 0 Å². The number of nitrogens with one attached hydrogen (secondary N) is 1. The van der Waals surface area contributed by atoms with E-state index in [0.29, 0.717) is 11.5 Å². The number of likely N-dealkylation sites (tertiary alicyclic amines) is 1. The second-order valence-corrected chi connectivity index (χ2v) is 6.57. The standard InChI is InChI=1S/C19H21N7O/c1-25-14(7-8-22-25)13-26-11-3-6-17(26)15-4-2-5-16(23-15)19(27)24-18-12-20-9-10-21-18/h2,4-5,7-10,12,17H,3,6,11,13H2,1H3,(H,21,24,27). The Labute approximate surface area is 157 Å². The molecule has 1 aliphatic heterocycles. The lowest BCUT2D eigenvalue weighted by molar-refractivity contribution is 0.102. The van der Waals surface area contributed by atoms with Crippen LogP contribution in [0.15, 0.2) is 49.1 Å².